The van der Waals surface area contributed by atoms with Crippen molar-refractivity contribution in [1.82, 2.24) is 14.1 Å². The van der Waals surface area contributed by atoms with E-state index in [0.29, 0.717) is 5.65 Å². The highest BCUT2D eigenvalue weighted by Crippen LogP contribution is 2.22. The summed E-state index contributed by atoms with van der Waals surface area (Å²) in [6.45, 7) is -0.225. The highest BCUT2D eigenvalue weighted by molar-refractivity contribution is 7.91. The number of nitrogens with zero attached hydrogens (tertiary/aromatic N) is 2. The van der Waals surface area contributed by atoms with Crippen molar-refractivity contribution in [2.75, 3.05) is 18.6 Å². The van der Waals surface area contributed by atoms with E-state index in [2.05, 4.69) is 9.71 Å². The van der Waals surface area contributed by atoms with Crippen LogP contribution in [0.25, 0.3) is 5.65 Å². The number of imidazole rings is 1. The lowest BCUT2D eigenvalue weighted by Crippen LogP contribution is -2.30. The minimum atomic E-state index is -3.94. The molecule has 2 aromatic heterocycles. The van der Waals surface area contributed by atoms with Crippen LogP contribution in [0.3, 0.4) is 0 Å². The Morgan fingerprint density at radius 3 is 2.65 bits per heavy atom. The van der Waals surface area contributed by atoms with Crippen LogP contribution in [0.1, 0.15) is 0 Å². The molecule has 7 nitrogen and oxygen atoms in total. The van der Waals surface area contributed by atoms with E-state index in [1.54, 1.807) is 18.2 Å². The van der Waals surface area contributed by atoms with Crippen LogP contribution in [0.2, 0.25) is 5.15 Å². The zero-order chi connectivity index (χ0) is 15.0. The van der Waals surface area contributed by atoms with E-state index < -0.39 is 19.9 Å². The van der Waals surface area contributed by atoms with Gasteiger partial charge in [0.2, 0.25) is 0 Å². The SMILES string of the molecule is CS(=O)(=O)CCNS(=O)(=O)c1c(Cl)nc2ccccn12. The van der Waals surface area contributed by atoms with Crippen molar-refractivity contribution in [3.05, 3.63) is 29.5 Å². The van der Waals surface area contributed by atoms with Crippen molar-refractivity contribution in [2.24, 2.45) is 0 Å². The summed E-state index contributed by atoms with van der Waals surface area (Å²) in [5.41, 5.74) is 0.390. The number of pyridine rings is 1. The quantitative estimate of drug-likeness (QED) is 0.846. The summed E-state index contributed by atoms with van der Waals surface area (Å²) in [4.78, 5) is 3.93. The highest BCUT2D eigenvalue weighted by atomic mass is 35.5. The van der Waals surface area contributed by atoms with Gasteiger partial charge in [0, 0.05) is 19.0 Å². The van der Waals surface area contributed by atoms with E-state index >= 15 is 0 Å². The lowest BCUT2D eigenvalue weighted by atomic mass is 10.5. The van der Waals surface area contributed by atoms with E-state index in [1.165, 1.54) is 10.6 Å². The molecule has 20 heavy (non-hydrogen) atoms. The first kappa shape index (κ1) is 15.2. The smallest absolute Gasteiger partial charge is 0.259 e. The highest BCUT2D eigenvalue weighted by Gasteiger charge is 2.24. The van der Waals surface area contributed by atoms with Gasteiger partial charge in [-0.15, -0.1) is 0 Å². The van der Waals surface area contributed by atoms with Crippen molar-refractivity contribution < 1.29 is 16.8 Å². The van der Waals surface area contributed by atoms with Gasteiger partial charge in [-0.25, -0.2) is 26.5 Å². The Balaban J connectivity index is 2.35. The maximum atomic E-state index is 12.2. The van der Waals surface area contributed by atoms with Crippen molar-refractivity contribution in [3.63, 3.8) is 0 Å². The molecule has 2 heterocycles. The second-order valence-corrected chi connectivity index (χ2v) is 8.46. The molecule has 0 fully saturated rings. The summed E-state index contributed by atoms with van der Waals surface area (Å²) in [7, 11) is -7.19. The van der Waals surface area contributed by atoms with Crippen LogP contribution in [0.5, 0.6) is 0 Å². The molecule has 0 radical (unpaired) electrons. The van der Waals surface area contributed by atoms with Gasteiger partial charge in [-0.2, -0.15) is 0 Å². The summed E-state index contributed by atoms with van der Waals surface area (Å²) in [6, 6.07) is 4.95. The fourth-order valence-electron chi connectivity index (χ4n) is 1.61. The first-order chi connectivity index (χ1) is 9.21. The van der Waals surface area contributed by atoms with Gasteiger partial charge >= 0.3 is 0 Å². The van der Waals surface area contributed by atoms with Crippen molar-refractivity contribution in [1.29, 1.82) is 0 Å². The molecule has 0 saturated carbocycles. The Kier molecular flexibility index (Phi) is 4.05. The van der Waals surface area contributed by atoms with Crippen LogP contribution < -0.4 is 4.72 Å². The summed E-state index contributed by atoms with van der Waals surface area (Å²) in [5, 5.41) is -0.369. The molecule has 0 aliphatic heterocycles. The number of rotatable bonds is 5. The van der Waals surface area contributed by atoms with Crippen LogP contribution in [-0.4, -0.2) is 44.8 Å². The zero-order valence-electron chi connectivity index (χ0n) is 10.4. The number of hydrogen-bond donors (Lipinski definition) is 1. The van der Waals surface area contributed by atoms with E-state index in [9.17, 15) is 16.8 Å². The van der Waals surface area contributed by atoms with Crippen LogP contribution in [0.15, 0.2) is 29.4 Å². The molecule has 0 aromatic carbocycles. The normalized spacial score (nSPS) is 12.9. The van der Waals surface area contributed by atoms with Crippen molar-refractivity contribution in [3.8, 4) is 0 Å². The zero-order valence-corrected chi connectivity index (χ0v) is 12.8. The van der Waals surface area contributed by atoms with Gasteiger partial charge in [0.05, 0.1) is 5.75 Å². The molecule has 0 unspecified atom stereocenters. The molecular formula is C10H12ClN3O4S2. The predicted octanol–water partition coefficient (Wildman–Crippen LogP) is 0.311. The number of sulfonamides is 1. The maximum Gasteiger partial charge on any atom is 0.259 e. The summed E-state index contributed by atoms with van der Waals surface area (Å²) >= 11 is 5.85. The van der Waals surface area contributed by atoms with Gasteiger partial charge in [-0.3, -0.25) is 4.40 Å². The molecule has 1 N–H and O–H groups in total. The predicted molar refractivity (Wildman–Crippen MR) is 75.1 cm³/mol. The molecule has 0 spiro atoms. The summed E-state index contributed by atoms with van der Waals surface area (Å²) < 4.78 is 49.9. The molecule has 10 heteroatoms. The van der Waals surface area contributed by atoms with E-state index in [1.807, 2.05) is 0 Å². The van der Waals surface area contributed by atoms with Crippen LogP contribution in [0.4, 0.5) is 0 Å². The number of hydrogen-bond acceptors (Lipinski definition) is 5. The number of halogens is 1. The monoisotopic (exact) mass is 337 g/mol. The first-order valence-corrected chi connectivity index (χ1v) is 9.43. The molecule has 0 bridgehead atoms. The van der Waals surface area contributed by atoms with Crippen LogP contribution in [0, 0.1) is 0 Å². The van der Waals surface area contributed by atoms with Crippen LogP contribution >= 0.6 is 11.6 Å². The minimum absolute atomic E-state index is 0.164. The molecule has 2 aromatic rings. The molecule has 0 aliphatic rings. The van der Waals surface area contributed by atoms with E-state index in [4.69, 9.17) is 11.6 Å². The summed E-state index contributed by atoms with van der Waals surface area (Å²) in [6.07, 6.45) is 2.54. The van der Waals surface area contributed by atoms with Crippen LogP contribution in [-0.2, 0) is 19.9 Å². The standard InChI is InChI=1S/C10H12ClN3O4S2/c1-19(15,16)7-5-12-20(17,18)10-9(11)13-8-4-2-3-6-14(8)10/h2-4,6,12H,5,7H2,1H3. The van der Waals surface area contributed by atoms with Gasteiger partial charge in [-0.1, -0.05) is 17.7 Å². The molecular weight excluding hydrogens is 326 g/mol. The fourth-order valence-corrected chi connectivity index (χ4v) is 3.89. The number of aromatic nitrogens is 2. The number of sulfone groups is 1. The Hall–Kier alpha value is -1.16. The third-order valence-corrected chi connectivity index (χ3v) is 5.27. The summed E-state index contributed by atoms with van der Waals surface area (Å²) in [5.74, 6) is -0.291. The van der Waals surface area contributed by atoms with Crippen molar-refractivity contribution in [2.45, 2.75) is 5.03 Å². The largest absolute Gasteiger partial charge is 0.288 e. The van der Waals surface area contributed by atoms with Gasteiger partial charge in [0.15, 0.2) is 10.2 Å². The molecule has 0 atom stereocenters. The third kappa shape index (κ3) is 3.29. The molecule has 110 valence electrons. The lowest BCUT2D eigenvalue weighted by molar-refractivity contribution is 0.577. The van der Waals surface area contributed by atoms with Gasteiger partial charge in [-0.05, 0) is 12.1 Å². The Labute approximate surface area is 121 Å². The first-order valence-electron chi connectivity index (χ1n) is 5.51. The topological polar surface area (TPSA) is 97.6 Å². The van der Waals surface area contributed by atoms with Crippen molar-refractivity contribution >= 4 is 37.1 Å². The van der Waals surface area contributed by atoms with E-state index in [0.717, 1.165) is 6.26 Å². The average Bonchev–Trinajstić information content (AvgIpc) is 2.63. The van der Waals surface area contributed by atoms with Gasteiger partial charge < -0.3 is 0 Å². The minimum Gasteiger partial charge on any atom is -0.288 e. The van der Waals surface area contributed by atoms with Gasteiger partial charge in [0.1, 0.15) is 15.5 Å². The number of nitrogens with one attached hydrogen (secondary N) is 1. The Bertz CT molecular complexity index is 843. The Morgan fingerprint density at radius 2 is 2.00 bits per heavy atom. The van der Waals surface area contributed by atoms with E-state index in [-0.39, 0.29) is 22.5 Å². The molecule has 0 amide bonds. The molecule has 2 rings (SSSR count). The average molecular weight is 338 g/mol. The third-order valence-electron chi connectivity index (χ3n) is 2.47. The second kappa shape index (κ2) is 5.32. The fraction of sp³-hybridized carbons (Fsp3) is 0.300. The van der Waals surface area contributed by atoms with Gasteiger partial charge in [0.25, 0.3) is 10.0 Å². The number of fused-ring (bicyclic) bond motifs is 1. The Morgan fingerprint density at radius 1 is 1.30 bits per heavy atom. The maximum absolute atomic E-state index is 12.2. The molecule has 0 aliphatic carbocycles. The lowest BCUT2D eigenvalue weighted by Gasteiger charge is -2.06. The second-order valence-electron chi connectivity index (χ2n) is 4.16. The molecule has 0 saturated heterocycles.